The Morgan fingerprint density at radius 3 is 2.75 bits per heavy atom. The number of nitrogens with one attached hydrogen (secondary N) is 1. The van der Waals surface area contributed by atoms with Crippen molar-refractivity contribution >= 4 is 11.6 Å². The van der Waals surface area contributed by atoms with Gasteiger partial charge in [0.2, 0.25) is 0 Å². The molecule has 112 valence electrons. The Hall–Kier alpha value is -0.970. The lowest BCUT2D eigenvalue weighted by Crippen LogP contribution is -2.37. The molecular weight excluding hydrogens is 278 g/mol. The lowest BCUT2D eigenvalue weighted by molar-refractivity contribution is 0.146. The highest BCUT2D eigenvalue weighted by molar-refractivity contribution is 6.32. The highest BCUT2D eigenvalue weighted by Crippen LogP contribution is 2.38. The third kappa shape index (κ3) is 3.78. The first-order valence-electron chi connectivity index (χ1n) is 6.92. The van der Waals surface area contributed by atoms with Gasteiger partial charge in [0, 0.05) is 19.7 Å². The molecule has 2 rings (SSSR count). The second-order valence-corrected chi connectivity index (χ2v) is 5.70. The van der Waals surface area contributed by atoms with Crippen molar-refractivity contribution in [2.75, 3.05) is 26.9 Å². The van der Waals surface area contributed by atoms with Crippen molar-refractivity contribution in [3.8, 4) is 11.5 Å². The minimum Gasteiger partial charge on any atom is -0.486 e. The zero-order valence-electron chi connectivity index (χ0n) is 12.2. The normalized spacial score (nSPS) is 15.4. The molecule has 1 heterocycles. The first-order valence-corrected chi connectivity index (χ1v) is 7.30. The quantitative estimate of drug-likeness (QED) is 0.877. The summed E-state index contributed by atoms with van der Waals surface area (Å²) in [5.41, 5.74) is 1.08. The fraction of sp³-hybridized carbons (Fsp3) is 0.600. The van der Waals surface area contributed by atoms with E-state index >= 15 is 0 Å². The van der Waals surface area contributed by atoms with Gasteiger partial charge >= 0.3 is 0 Å². The van der Waals surface area contributed by atoms with Gasteiger partial charge in [-0.3, -0.25) is 0 Å². The summed E-state index contributed by atoms with van der Waals surface area (Å²) >= 11 is 6.23. The maximum absolute atomic E-state index is 6.23. The van der Waals surface area contributed by atoms with Crippen LogP contribution < -0.4 is 14.8 Å². The van der Waals surface area contributed by atoms with Crippen LogP contribution in [0.2, 0.25) is 5.02 Å². The predicted molar refractivity (Wildman–Crippen MR) is 79.8 cm³/mol. The summed E-state index contributed by atoms with van der Waals surface area (Å²) in [6.07, 6.45) is 0. The summed E-state index contributed by atoms with van der Waals surface area (Å²) in [6, 6.07) is 4.22. The standard InChI is InChI=1S/C15H22ClNO3/c1-10(2)13(9-18-3)17-8-11-6-12(16)15-14(7-11)19-4-5-20-15/h6-7,10,13,17H,4-5,8-9H2,1-3H3. The van der Waals surface area contributed by atoms with Crippen LogP contribution in [0.5, 0.6) is 11.5 Å². The molecule has 1 aromatic carbocycles. The molecule has 0 aliphatic carbocycles. The number of methoxy groups -OCH3 is 1. The molecule has 5 heteroatoms. The van der Waals surface area contributed by atoms with Crippen molar-refractivity contribution in [1.82, 2.24) is 5.32 Å². The average molecular weight is 300 g/mol. The van der Waals surface area contributed by atoms with E-state index in [1.54, 1.807) is 7.11 Å². The summed E-state index contributed by atoms with van der Waals surface area (Å²) in [5.74, 6) is 1.88. The van der Waals surface area contributed by atoms with Gasteiger partial charge in [-0.05, 0) is 23.6 Å². The monoisotopic (exact) mass is 299 g/mol. The maximum atomic E-state index is 6.23. The summed E-state index contributed by atoms with van der Waals surface area (Å²) in [7, 11) is 1.72. The number of hydrogen-bond acceptors (Lipinski definition) is 4. The summed E-state index contributed by atoms with van der Waals surface area (Å²) < 4.78 is 16.3. The lowest BCUT2D eigenvalue weighted by atomic mass is 10.0. The Balaban J connectivity index is 2.04. The first-order chi connectivity index (χ1) is 9.61. The maximum Gasteiger partial charge on any atom is 0.179 e. The van der Waals surface area contributed by atoms with Crippen LogP contribution in [0.3, 0.4) is 0 Å². The van der Waals surface area contributed by atoms with Crippen molar-refractivity contribution in [3.63, 3.8) is 0 Å². The predicted octanol–water partition coefficient (Wildman–Crippen LogP) is 2.87. The average Bonchev–Trinajstić information content (AvgIpc) is 2.43. The molecule has 1 aromatic rings. The fourth-order valence-corrected chi connectivity index (χ4v) is 2.47. The molecule has 20 heavy (non-hydrogen) atoms. The Labute approximate surface area is 125 Å². The van der Waals surface area contributed by atoms with Crippen LogP contribution in [0.4, 0.5) is 0 Å². The van der Waals surface area contributed by atoms with Gasteiger partial charge in [-0.2, -0.15) is 0 Å². The van der Waals surface area contributed by atoms with Gasteiger partial charge in [0.05, 0.1) is 11.6 Å². The van der Waals surface area contributed by atoms with E-state index in [0.717, 1.165) is 17.9 Å². The molecule has 0 saturated heterocycles. The fourth-order valence-electron chi connectivity index (χ4n) is 2.18. The van der Waals surface area contributed by atoms with Gasteiger partial charge < -0.3 is 19.5 Å². The second-order valence-electron chi connectivity index (χ2n) is 5.29. The van der Waals surface area contributed by atoms with Gasteiger partial charge in [0.15, 0.2) is 11.5 Å². The van der Waals surface area contributed by atoms with Gasteiger partial charge in [-0.1, -0.05) is 25.4 Å². The van der Waals surface area contributed by atoms with E-state index in [1.165, 1.54) is 0 Å². The van der Waals surface area contributed by atoms with Crippen molar-refractivity contribution in [2.24, 2.45) is 5.92 Å². The Bertz CT molecular complexity index is 451. The third-order valence-corrected chi connectivity index (χ3v) is 3.66. The molecule has 1 aliphatic heterocycles. The largest absolute Gasteiger partial charge is 0.486 e. The van der Waals surface area contributed by atoms with Crippen molar-refractivity contribution in [1.29, 1.82) is 0 Å². The molecule has 1 atom stereocenters. The minimum absolute atomic E-state index is 0.312. The van der Waals surface area contributed by atoms with Crippen LogP contribution in [-0.2, 0) is 11.3 Å². The zero-order chi connectivity index (χ0) is 14.5. The van der Waals surface area contributed by atoms with Crippen LogP contribution >= 0.6 is 11.6 Å². The van der Waals surface area contributed by atoms with Gasteiger partial charge in [0.1, 0.15) is 13.2 Å². The number of rotatable bonds is 6. The molecule has 1 N–H and O–H groups in total. The van der Waals surface area contributed by atoms with Crippen LogP contribution in [0.15, 0.2) is 12.1 Å². The molecule has 0 bridgehead atoms. The van der Waals surface area contributed by atoms with Gasteiger partial charge in [-0.25, -0.2) is 0 Å². The molecule has 0 saturated carbocycles. The number of fused-ring (bicyclic) bond motifs is 1. The Kier molecular flexibility index (Phi) is 5.52. The van der Waals surface area contributed by atoms with E-state index in [-0.39, 0.29) is 0 Å². The van der Waals surface area contributed by atoms with Crippen LogP contribution in [0.25, 0.3) is 0 Å². The second kappa shape index (κ2) is 7.16. The number of ether oxygens (including phenoxy) is 3. The molecule has 0 aromatic heterocycles. The third-order valence-electron chi connectivity index (χ3n) is 3.38. The summed E-state index contributed by atoms with van der Waals surface area (Å²) in [4.78, 5) is 0. The minimum atomic E-state index is 0.312. The van der Waals surface area contributed by atoms with Crippen molar-refractivity contribution in [3.05, 3.63) is 22.7 Å². The van der Waals surface area contributed by atoms with Gasteiger partial charge in [0.25, 0.3) is 0 Å². The number of benzene rings is 1. The van der Waals surface area contributed by atoms with Gasteiger partial charge in [-0.15, -0.1) is 0 Å². The van der Waals surface area contributed by atoms with E-state index in [0.29, 0.717) is 42.6 Å². The molecule has 1 unspecified atom stereocenters. The number of halogens is 1. The van der Waals surface area contributed by atoms with E-state index < -0.39 is 0 Å². The molecule has 1 aliphatic rings. The number of hydrogen-bond donors (Lipinski definition) is 1. The van der Waals surface area contributed by atoms with E-state index in [2.05, 4.69) is 19.2 Å². The molecule has 0 amide bonds. The molecule has 0 fully saturated rings. The lowest BCUT2D eigenvalue weighted by Gasteiger charge is -2.23. The Morgan fingerprint density at radius 1 is 1.30 bits per heavy atom. The SMILES string of the molecule is COCC(NCc1cc(Cl)c2c(c1)OCCO2)C(C)C. The van der Waals surface area contributed by atoms with E-state index in [4.69, 9.17) is 25.8 Å². The van der Waals surface area contributed by atoms with E-state index in [1.807, 2.05) is 12.1 Å². The summed E-state index contributed by atoms with van der Waals surface area (Å²) in [5, 5.41) is 4.09. The molecule has 0 radical (unpaired) electrons. The highest BCUT2D eigenvalue weighted by Gasteiger charge is 2.18. The first kappa shape index (κ1) is 15.4. The highest BCUT2D eigenvalue weighted by atomic mass is 35.5. The molecular formula is C15H22ClNO3. The van der Waals surface area contributed by atoms with Crippen molar-refractivity contribution in [2.45, 2.75) is 26.4 Å². The Morgan fingerprint density at radius 2 is 2.05 bits per heavy atom. The van der Waals surface area contributed by atoms with Crippen LogP contribution in [-0.4, -0.2) is 33.0 Å². The zero-order valence-corrected chi connectivity index (χ0v) is 13.0. The van der Waals surface area contributed by atoms with Crippen LogP contribution in [0.1, 0.15) is 19.4 Å². The van der Waals surface area contributed by atoms with Crippen LogP contribution in [0, 0.1) is 5.92 Å². The molecule has 4 nitrogen and oxygen atoms in total. The molecule has 0 spiro atoms. The topological polar surface area (TPSA) is 39.7 Å². The summed E-state index contributed by atoms with van der Waals surface area (Å²) in [6.45, 7) is 6.88. The smallest absolute Gasteiger partial charge is 0.179 e. The van der Waals surface area contributed by atoms with Crippen molar-refractivity contribution < 1.29 is 14.2 Å². The van der Waals surface area contributed by atoms with E-state index in [9.17, 15) is 0 Å².